The van der Waals surface area contributed by atoms with E-state index in [9.17, 15) is 4.79 Å². The Morgan fingerprint density at radius 3 is 2.25 bits per heavy atom. The summed E-state index contributed by atoms with van der Waals surface area (Å²) in [7, 11) is 0. The molecule has 0 radical (unpaired) electrons. The van der Waals surface area contributed by atoms with E-state index < -0.39 is 0 Å². The van der Waals surface area contributed by atoms with E-state index in [1.54, 1.807) is 4.58 Å². The Morgan fingerprint density at radius 1 is 0.812 bits per heavy atom. The molecule has 2 aromatic carbocycles. The number of fused-ring (bicyclic) bond motifs is 1. The minimum absolute atomic E-state index is 0.0433. The minimum Gasteiger partial charge on any atom is -0.214 e. The van der Waals surface area contributed by atoms with Crippen molar-refractivity contribution in [2.24, 2.45) is 0 Å². The molecule has 0 bridgehead atoms. The highest BCUT2D eigenvalue weighted by atomic mass is 16.2. The normalized spacial score (nSPS) is 13.5. The number of carbonyl (C=O) groups excluding carboxylic acids is 1. The minimum atomic E-state index is 0.0433. The van der Waals surface area contributed by atoms with Crippen molar-refractivity contribution < 1.29 is 9.37 Å². The third-order valence-electron chi connectivity index (χ3n) is 2.71. The van der Waals surface area contributed by atoms with Crippen LogP contribution in [0.1, 0.15) is 15.9 Å². The highest BCUT2D eigenvalue weighted by Crippen LogP contribution is 2.20. The maximum atomic E-state index is 12.1. The molecule has 0 spiro atoms. The van der Waals surface area contributed by atoms with Crippen LogP contribution in [-0.4, -0.2) is 16.7 Å². The van der Waals surface area contributed by atoms with Gasteiger partial charge in [-0.25, -0.2) is 4.79 Å². The van der Waals surface area contributed by atoms with Crippen LogP contribution in [-0.2, 0) is 0 Å². The number of para-hydroxylation sites is 1. The van der Waals surface area contributed by atoms with Crippen molar-refractivity contribution in [1.82, 2.24) is 0 Å². The van der Waals surface area contributed by atoms with E-state index in [2.05, 4.69) is 0 Å². The monoisotopic (exact) mass is 208 g/mol. The highest BCUT2D eigenvalue weighted by molar-refractivity contribution is 6.05. The highest BCUT2D eigenvalue weighted by Gasteiger charge is 2.31. The van der Waals surface area contributed by atoms with Crippen molar-refractivity contribution in [1.29, 1.82) is 0 Å². The largest absolute Gasteiger partial charge is 0.426 e. The molecular formula is C14H10NO+. The first-order chi connectivity index (χ1) is 7.86. The molecule has 0 saturated carbocycles. The van der Waals surface area contributed by atoms with Crippen LogP contribution in [0.5, 0.6) is 0 Å². The average Bonchev–Trinajstić information content (AvgIpc) is 2.69. The molecule has 2 aromatic rings. The van der Waals surface area contributed by atoms with E-state index in [-0.39, 0.29) is 5.91 Å². The maximum absolute atomic E-state index is 12.1. The van der Waals surface area contributed by atoms with Crippen LogP contribution >= 0.6 is 0 Å². The topological polar surface area (TPSA) is 20.1 Å². The Bertz CT molecular complexity index is 585. The molecular weight excluding hydrogens is 198 g/mol. The fourth-order valence-corrected chi connectivity index (χ4v) is 1.91. The number of hydrogen-bond acceptors (Lipinski definition) is 1. The lowest BCUT2D eigenvalue weighted by Crippen LogP contribution is -2.10. The van der Waals surface area contributed by atoms with Crippen molar-refractivity contribution in [2.75, 3.05) is 0 Å². The molecule has 2 heteroatoms. The summed E-state index contributed by atoms with van der Waals surface area (Å²) in [6.07, 6.45) is 1.88. The molecule has 0 aliphatic carbocycles. The maximum Gasteiger partial charge on any atom is 0.426 e. The quantitative estimate of drug-likeness (QED) is 0.659. The summed E-state index contributed by atoms with van der Waals surface area (Å²) >= 11 is 0. The Kier molecular flexibility index (Phi) is 1.93. The Hall–Kier alpha value is -2.22. The first-order valence-electron chi connectivity index (χ1n) is 5.19. The molecule has 0 unspecified atom stereocenters. The molecule has 3 rings (SSSR count). The summed E-state index contributed by atoms with van der Waals surface area (Å²) in [5.41, 5.74) is 2.66. The van der Waals surface area contributed by atoms with Crippen LogP contribution in [0.15, 0.2) is 54.6 Å². The Labute approximate surface area is 93.5 Å². The lowest BCUT2D eigenvalue weighted by atomic mass is 10.1. The molecule has 76 valence electrons. The predicted molar refractivity (Wildman–Crippen MR) is 62.3 cm³/mol. The van der Waals surface area contributed by atoms with Crippen LogP contribution in [0.25, 0.3) is 0 Å². The molecule has 1 heterocycles. The van der Waals surface area contributed by atoms with Crippen LogP contribution in [0.2, 0.25) is 0 Å². The molecule has 0 aromatic heterocycles. The number of hydrogen-bond donors (Lipinski definition) is 0. The number of rotatable bonds is 1. The van der Waals surface area contributed by atoms with Crippen molar-refractivity contribution in [3.8, 4) is 0 Å². The number of carbonyl (C=O) groups is 1. The van der Waals surface area contributed by atoms with E-state index in [0.717, 1.165) is 16.8 Å². The van der Waals surface area contributed by atoms with Gasteiger partial charge < -0.3 is 0 Å². The van der Waals surface area contributed by atoms with Gasteiger partial charge in [0, 0.05) is 12.1 Å². The van der Waals surface area contributed by atoms with E-state index >= 15 is 0 Å². The molecule has 0 N–H and O–H groups in total. The molecule has 0 fully saturated rings. The second-order valence-corrected chi connectivity index (χ2v) is 3.73. The summed E-state index contributed by atoms with van der Waals surface area (Å²) < 4.78 is 1.69. The van der Waals surface area contributed by atoms with E-state index in [4.69, 9.17) is 0 Å². The van der Waals surface area contributed by atoms with Gasteiger partial charge in [0.2, 0.25) is 5.69 Å². The Morgan fingerprint density at radius 2 is 1.50 bits per heavy atom. The van der Waals surface area contributed by atoms with Crippen LogP contribution in [0, 0.1) is 0 Å². The number of benzene rings is 2. The van der Waals surface area contributed by atoms with Gasteiger partial charge in [0.25, 0.3) is 0 Å². The summed E-state index contributed by atoms with van der Waals surface area (Å²) in [5, 5.41) is 0. The number of amides is 1. The third-order valence-corrected chi connectivity index (χ3v) is 2.71. The molecule has 2 nitrogen and oxygen atoms in total. The second-order valence-electron chi connectivity index (χ2n) is 3.73. The van der Waals surface area contributed by atoms with Gasteiger partial charge in [0.05, 0.1) is 5.56 Å². The Balaban J connectivity index is 2.13. The first kappa shape index (κ1) is 9.04. The molecule has 0 atom stereocenters. The van der Waals surface area contributed by atoms with Crippen molar-refractivity contribution in [3.63, 3.8) is 0 Å². The molecule has 1 amide bonds. The lowest BCUT2D eigenvalue weighted by molar-refractivity contribution is -0.325. The molecule has 0 saturated heterocycles. The third kappa shape index (κ3) is 1.27. The van der Waals surface area contributed by atoms with Gasteiger partial charge in [-0.05, 0) is 12.1 Å². The van der Waals surface area contributed by atoms with Gasteiger partial charge in [-0.15, -0.1) is 4.58 Å². The van der Waals surface area contributed by atoms with Crippen molar-refractivity contribution in [2.45, 2.75) is 0 Å². The van der Waals surface area contributed by atoms with Crippen molar-refractivity contribution >= 4 is 17.8 Å². The smallest absolute Gasteiger partial charge is 0.214 e. The van der Waals surface area contributed by atoms with Gasteiger partial charge in [0.1, 0.15) is 5.56 Å². The molecule has 1 aliphatic heterocycles. The fourth-order valence-electron chi connectivity index (χ4n) is 1.91. The van der Waals surface area contributed by atoms with Crippen LogP contribution in [0.4, 0.5) is 5.69 Å². The van der Waals surface area contributed by atoms with Crippen LogP contribution in [0.3, 0.4) is 0 Å². The van der Waals surface area contributed by atoms with Crippen molar-refractivity contribution in [3.05, 3.63) is 65.7 Å². The van der Waals surface area contributed by atoms with Gasteiger partial charge >= 0.3 is 5.91 Å². The first-order valence-corrected chi connectivity index (χ1v) is 5.19. The molecule has 16 heavy (non-hydrogen) atoms. The van der Waals surface area contributed by atoms with Gasteiger partial charge in [-0.2, -0.15) is 0 Å². The lowest BCUT2D eigenvalue weighted by Gasteiger charge is -1.93. The van der Waals surface area contributed by atoms with E-state index in [1.807, 2.05) is 60.8 Å². The number of nitrogens with zero attached hydrogens (tertiary/aromatic N) is 1. The van der Waals surface area contributed by atoms with Gasteiger partial charge in [-0.1, -0.05) is 30.3 Å². The molecule has 1 aliphatic rings. The fraction of sp³-hybridized carbons (Fsp3) is 0. The second kappa shape index (κ2) is 3.42. The SMILES string of the molecule is O=C1c2ccccc2C=[N+]1c1ccccc1. The van der Waals surface area contributed by atoms with Gasteiger partial charge in [0.15, 0.2) is 6.21 Å². The summed E-state index contributed by atoms with van der Waals surface area (Å²) in [4.78, 5) is 12.1. The summed E-state index contributed by atoms with van der Waals surface area (Å²) in [5.74, 6) is 0.0433. The summed E-state index contributed by atoms with van der Waals surface area (Å²) in [6, 6.07) is 17.3. The predicted octanol–water partition coefficient (Wildman–Crippen LogP) is 2.60. The zero-order valence-electron chi connectivity index (χ0n) is 8.63. The average molecular weight is 208 g/mol. The standard InChI is InChI=1S/C14H10NO/c16-14-13-9-5-4-6-11(13)10-15(14)12-7-2-1-3-8-12/h1-10H/q+1. The van der Waals surface area contributed by atoms with E-state index in [0.29, 0.717) is 0 Å². The zero-order chi connectivity index (χ0) is 11.0. The summed E-state index contributed by atoms with van der Waals surface area (Å²) in [6.45, 7) is 0. The zero-order valence-corrected chi connectivity index (χ0v) is 8.63. The van der Waals surface area contributed by atoms with E-state index in [1.165, 1.54) is 0 Å². The van der Waals surface area contributed by atoms with Gasteiger partial charge in [-0.3, -0.25) is 0 Å². The van der Waals surface area contributed by atoms with Crippen LogP contribution < -0.4 is 0 Å².